The molecule has 0 aliphatic heterocycles. The zero-order valence-corrected chi connectivity index (χ0v) is 56.7. The summed E-state index contributed by atoms with van der Waals surface area (Å²) in [6.07, 6.45) is 97.0. The van der Waals surface area contributed by atoms with E-state index in [4.69, 9.17) is 0 Å². The minimum absolute atomic E-state index is 0.573. The van der Waals surface area contributed by atoms with Crippen LogP contribution in [0.2, 0.25) is 0 Å². The molecule has 0 heterocycles. The Bertz CT molecular complexity index is 1250. The molecule has 0 saturated heterocycles. The molecule has 2 saturated carbocycles. The fraction of sp³-hybridized carbons (Fsp3) is 0.987. The quantitative estimate of drug-likeness (QED) is 0.0618. The first kappa shape index (κ1) is 77.5. The molecule has 82 heavy (non-hydrogen) atoms. The number of carbonyl (C=O) groups is 1. The largest absolute Gasteiger partial charge is 0.550 e. The number of aliphatic hydroxyl groups is 1. The molecule has 0 spiro atoms. The third-order valence-corrected chi connectivity index (χ3v) is 20.9. The van der Waals surface area contributed by atoms with E-state index in [2.05, 4.69) is 13.8 Å². The molecule has 0 aromatic carbocycles. The van der Waals surface area contributed by atoms with Crippen LogP contribution in [0.15, 0.2) is 0 Å². The molecular weight excluding hydrogens is 997 g/mol. The van der Waals surface area contributed by atoms with E-state index in [-0.39, 0.29) is 0 Å². The number of hydrogen-bond acceptors (Lipinski definition) is 3. The number of aliphatic hydroxyl groups excluding tert-OH is 1. The summed E-state index contributed by atoms with van der Waals surface area (Å²) in [6.45, 7) is 4.61. The van der Waals surface area contributed by atoms with Crippen molar-refractivity contribution in [2.75, 3.05) is 0 Å². The molecule has 488 valence electrons. The van der Waals surface area contributed by atoms with Gasteiger partial charge in [-0.1, -0.05) is 438 Å². The van der Waals surface area contributed by atoms with Gasteiger partial charge < -0.3 is 15.0 Å². The smallest absolute Gasteiger partial charge is 0.0620 e. The van der Waals surface area contributed by atoms with Gasteiger partial charge in [-0.2, -0.15) is 0 Å². The number of unbranched alkanes of at least 4 members (excludes halogenated alkanes) is 58. The Morgan fingerprint density at radius 1 is 0.268 bits per heavy atom. The second-order valence-corrected chi connectivity index (χ2v) is 28.9. The van der Waals surface area contributed by atoms with Gasteiger partial charge in [0.05, 0.1) is 6.10 Å². The molecule has 2 rings (SSSR count). The Labute approximate surface area is 517 Å². The van der Waals surface area contributed by atoms with Crippen molar-refractivity contribution in [2.45, 2.75) is 469 Å². The lowest BCUT2D eigenvalue weighted by atomic mass is 9.91. The summed E-state index contributed by atoms with van der Waals surface area (Å²) in [5, 5.41) is 22.5. The monoisotopic (exact) mass is 1150 g/mol. The van der Waals surface area contributed by atoms with Crippen molar-refractivity contribution in [3.8, 4) is 0 Å². The van der Waals surface area contributed by atoms with Gasteiger partial charge in [-0.05, 0) is 49.4 Å². The van der Waals surface area contributed by atoms with Gasteiger partial charge in [0.25, 0.3) is 0 Å². The van der Waals surface area contributed by atoms with E-state index in [0.29, 0.717) is 12.8 Å². The fourth-order valence-corrected chi connectivity index (χ4v) is 14.7. The van der Waals surface area contributed by atoms with Crippen LogP contribution < -0.4 is 5.11 Å². The summed E-state index contributed by atoms with van der Waals surface area (Å²) < 4.78 is 0. The highest BCUT2D eigenvalue weighted by atomic mass is 16.4. The van der Waals surface area contributed by atoms with Crippen LogP contribution in [0.25, 0.3) is 0 Å². The van der Waals surface area contributed by atoms with Crippen LogP contribution in [-0.2, 0) is 4.79 Å². The summed E-state index contributed by atoms with van der Waals surface area (Å²) in [5.41, 5.74) is 0. The minimum atomic E-state index is -1.05. The molecule has 0 radical (unpaired) electrons. The molecule has 1 N–H and O–H groups in total. The maximum Gasteiger partial charge on any atom is 0.0620 e. The zero-order chi connectivity index (χ0) is 58.5. The van der Waals surface area contributed by atoms with Gasteiger partial charge in [0.2, 0.25) is 0 Å². The highest BCUT2D eigenvalue weighted by Crippen LogP contribution is 2.47. The van der Waals surface area contributed by atoms with Gasteiger partial charge in [-0.15, -0.1) is 0 Å². The molecule has 0 aromatic rings. The van der Waals surface area contributed by atoms with Crippen LogP contribution in [0.4, 0.5) is 0 Å². The highest BCUT2D eigenvalue weighted by Gasteiger charge is 2.36. The maximum atomic E-state index is 11.8. The molecule has 2 aliphatic rings. The predicted molar refractivity (Wildman–Crippen MR) is 363 cm³/mol. The second-order valence-electron chi connectivity index (χ2n) is 28.9. The van der Waals surface area contributed by atoms with Crippen LogP contribution in [0.1, 0.15) is 463 Å². The molecule has 6 atom stereocenters. The SMILES string of the molecule is CCCCCCCCCCCCCCCCCCCCCCCC[C@@H](C(=O)[O-])[C@H](O)CCCCCCCCCCCCCCCCCC1CC1CCCCCCCCCCC1CC1CCCCCCCCCCCCCCCCCCC. The average molecular weight is 1150 g/mol. The molecule has 3 heteroatoms. The second kappa shape index (κ2) is 62.1. The summed E-state index contributed by atoms with van der Waals surface area (Å²) in [5.74, 6) is 2.68. The van der Waals surface area contributed by atoms with Gasteiger partial charge >= 0.3 is 0 Å². The Balaban J connectivity index is 1.19. The molecular formula is C79H153O3-. The number of aliphatic carboxylic acids is 1. The van der Waals surface area contributed by atoms with E-state index < -0.39 is 18.0 Å². The van der Waals surface area contributed by atoms with Crippen LogP contribution in [-0.4, -0.2) is 17.2 Å². The van der Waals surface area contributed by atoms with Crippen molar-refractivity contribution < 1.29 is 15.0 Å². The van der Waals surface area contributed by atoms with Crippen LogP contribution in [0.3, 0.4) is 0 Å². The van der Waals surface area contributed by atoms with E-state index >= 15 is 0 Å². The fourth-order valence-electron chi connectivity index (χ4n) is 14.7. The first-order valence-electron chi connectivity index (χ1n) is 39.5. The number of rotatable bonds is 72. The van der Waals surface area contributed by atoms with Crippen LogP contribution in [0, 0.1) is 29.6 Å². The molecule has 4 unspecified atom stereocenters. The van der Waals surface area contributed by atoms with Crippen molar-refractivity contribution in [3.63, 3.8) is 0 Å². The number of carboxylic acid groups (broad SMARTS) is 1. The van der Waals surface area contributed by atoms with Crippen LogP contribution in [0.5, 0.6) is 0 Å². The lowest BCUT2D eigenvalue weighted by Gasteiger charge is -2.24. The molecule has 0 amide bonds. The molecule has 2 fully saturated rings. The molecule has 0 aromatic heterocycles. The van der Waals surface area contributed by atoms with E-state index in [9.17, 15) is 15.0 Å². The lowest BCUT2D eigenvalue weighted by Crippen LogP contribution is -2.38. The Kier molecular flexibility index (Phi) is 58.7. The summed E-state index contributed by atoms with van der Waals surface area (Å²) in [6, 6.07) is 0. The van der Waals surface area contributed by atoms with Crippen molar-refractivity contribution in [1.82, 2.24) is 0 Å². The zero-order valence-electron chi connectivity index (χ0n) is 56.7. The summed E-state index contributed by atoms with van der Waals surface area (Å²) >= 11 is 0. The molecule has 0 bridgehead atoms. The number of hydrogen-bond donors (Lipinski definition) is 1. The van der Waals surface area contributed by atoms with Gasteiger partial charge in [0.1, 0.15) is 0 Å². The Hall–Kier alpha value is -0.570. The van der Waals surface area contributed by atoms with Crippen molar-refractivity contribution in [1.29, 1.82) is 0 Å². The predicted octanol–water partition coefficient (Wildman–Crippen LogP) is 26.6. The molecule has 2 aliphatic carbocycles. The van der Waals surface area contributed by atoms with E-state index in [1.807, 2.05) is 0 Å². The van der Waals surface area contributed by atoms with E-state index in [1.165, 1.54) is 385 Å². The van der Waals surface area contributed by atoms with Gasteiger partial charge in [0, 0.05) is 11.9 Å². The topological polar surface area (TPSA) is 60.4 Å². The first-order chi connectivity index (χ1) is 40.6. The van der Waals surface area contributed by atoms with Crippen molar-refractivity contribution in [3.05, 3.63) is 0 Å². The van der Waals surface area contributed by atoms with Gasteiger partial charge in [0.15, 0.2) is 0 Å². The first-order valence-corrected chi connectivity index (χ1v) is 39.5. The third kappa shape index (κ3) is 53.7. The standard InChI is InChI=1S/C79H154O3/c1-3-5-7-9-11-13-15-17-19-21-22-23-24-25-27-31-35-39-43-51-57-63-69-77(79(81)82)78(80)70-64-58-52-44-40-36-32-28-30-34-38-42-48-54-60-66-74-72-76(74)68-62-56-50-46-45-49-55-61-67-75-71-73(75)65-59-53-47-41-37-33-29-26-20-18-16-14-12-10-8-6-4-2/h73-78,80H,3-72H2,1-2H3,(H,81,82)/p-1/t73?,74?,75?,76?,77-,78-/m1/s1. The summed E-state index contributed by atoms with van der Waals surface area (Å²) in [4.78, 5) is 11.8. The highest BCUT2D eigenvalue weighted by molar-refractivity contribution is 5.68. The molecule has 3 nitrogen and oxygen atoms in total. The van der Waals surface area contributed by atoms with Gasteiger partial charge in [-0.25, -0.2) is 0 Å². The maximum absolute atomic E-state index is 11.8. The lowest BCUT2D eigenvalue weighted by molar-refractivity contribution is -0.314. The van der Waals surface area contributed by atoms with E-state index in [1.54, 1.807) is 25.7 Å². The number of carboxylic acids is 1. The average Bonchev–Trinajstić information content (AvgIpc) is 4.58. The van der Waals surface area contributed by atoms with Crippen molar-refractivity contribution in [2.24, 2.45) is 29.6 Å². The Morgan fingerprint density at radius 3 is 0.610 bits per heavy atom. The van der Waals surface area contributed by atoms with E-state index in [0.717, 1.165) is 49.4 Å². The van der Waals surface area contributed by atoms with Gasteiger partial charge in [-0.3, -0.25) is 0 Å². The van der Waals surface area contributed by atoms with Crippen LogP contribution >= 0.6 is 0 Å². The van der Waals surface area contributed by atoms with Crippen molar-refractivity contribution >= 4 is 5.97 Å². The normalized spacial score (nSPS) is 17.5. The Morgan fingerprint density at radius 2 is 0.427 bits per heavy atom. The number of carbonyl (C=O) groups excluding carboxylic acids is 1. The minimum Gasteiger partial charge on any atom is -0.550 e. The third-order valence-electron chi connectivity index (χ3n) is 20.9. The summed E-state index contributed by atoms with van der Waals surface area (Å²) in [7, 11) is 0.